The van der Waals surface area contributed by atoms with Crippen LogP contribution in [0.3, 0.4) is 0 Å². The lowest BCUT2D eigenvalue weighted by Crippen LogP contribution is -2.42. The van der Waals surface area contributed by atoms with Crippen LogP contribution >= 0.6 is 0 Å². The fourth-order valence-corrected chi connectivity index (χ4v) is 2.65. The molecule has 3 nitrogen and oxygen atoms in total. The Balaban J connectivity index is 2.31. The maximum absolute atomic E-state index is 14.3. The molecule has 0 saturated carbocycles. The van der Waals surface area contributed by atoms with Gasteiger partial charge in [-0.15, -0.1) is 0 Å². The van der Waals surface area contributed by atoms with Gasteiger partial charge in [-0.05, 0) is 32.0 Å². The summed E-state index contributed by atoms with van der Waals surface area (Å²) >= 11 is 0. The van der Waals surface area contributed by atoms with Crippen LogP contribution < -0.4 is 10.2 Å². The van der Waals surface area contributed by atoms with Gasteiger partial charge in [-0.25, -0.2) is 4.39 Å². The molecule has 0 radical (unpaired) electrons. The molecular formula is C15H23FN2O. The van der Waals surface area contributed by atoms with E-state index in [-0.39, 0.29) is 18.0 Å². The van der Waals surface area contributed by atoms with Crippen LogP contribution in [0, 0.1) is 5.82 Å². The zero-order valence-corrected chi connectivity index (χ0v) is 11.9. The molecule has 1 heterocycles. The van der Waals surface area contributed by atoms with Crippen LogP contribution in [0.5, 0.6) is 0 Å². The van der Waals surface area contributed by atoms with Gasteiger partial charge < -0.3 is 15.0 Å². The van der Waals surface area contributed by atoms with Crippen LogP contribution in [0.25, 0.3) is 0 Å². The Morgan fingerprint density at radius 3 is 3.00 bits per heavy atom. The van der Waals surface area contributed by atoms with Gasteiger partial charge in [0.2, 0.25) is 0 Å². The Labute approximate surface area is 114 Å². The molecule has 1 saturated heterocycles. The number of rotatable bonds is 4. The number of nitrogens with one attached hydrogen (secondary N) is 1. The van der Waals surface area contributed by atoms with E-state index >= 15 is 0 Å². The highest BCUT2D eigenvalue weighted by Gasteiger charge is 2.23. The lowest BCUT2D eigenvalue weighted by atomic mass is 10.0. The highest BCUT2D eigenvalue weighted by molar-refractivity contribution is 5.56. The third kappa shape index (κ3) is 3.25. The van der Waals surface area contributed by atoms with E-state index < -0.39 is 0 Å². The fraction of sp³-hybridized carbons (Fsp3) is 0.600. The van der Waals surface area contributed by atoms with Crippen molar-refractivity contribution in [2.45, 2.75) is 32.9 Å². The van der Waals surface area contributed by atoms with Gasteiger partial charge in [-0.2, -0.15) is 0 Å². The minimum atomic E-state index is -0.142. The van der Waals surface area contributed by atoms with E-state index in [1.54, 1.807) is 6.07 Å². The number of benzene rings is 1. The predicted molar refractivity (Wildman–Crippen MR) is 76.1 cm³/mol. The molecule has 4 heteroatoms. The van der Waals surface area contributed by atoms with Gasteiger partial charge in [0, 0.05) is 19.1 Å². The summed E-state index contributed by atoms with van der Waals surface area (Å²) in [5.41, 5.74) is 1.75. The Morgan fingerprint density at radius 2 is 2.32 bits per heavy atom. The summed E-state index contributed by atoms with van der Waals surface area (Å²) in [7, 11) is 0. The second-order valence-corrected chi connectivity index (χ2v) is 5.08. The van der Waals surface area contributed by atoms with Gasteiger partial charge in [-0.1, -0.05) is 19.1 Å². The number of halogens is 1. The smallest absolute Gasteiger partial charge is 0.146 e. The van der Waals surface area contributed by atoms with Crippen molar-refractivity contribution in [3.8, 4) is 0 Å². The van der Waals surface area contributed by atoms with Crippen LogP contribution in [0.1, 0.15) is 32.4 Å². The molecular weight excluding hydrogens is 243 g/mol. The molecule has 0 amide bonds. The molecule has 1 aromatic carbocycles. The number of ether oxygens (including phenoxy) is 1. The Hall–Kier alpha value is -1.13. The molecule has 1 fully saturated rings. The zero-order valence-electron chi connectivity index (χ0n) is 11.9. The highest BCUT2D eigenvalue weighted by atomic mass is 19.1. The summed E-state index contributed by atoms with van der Waals surface area (Å²) in [5, 5.41) is 3.36. The monoisotopic (exact) mass is 266 g/mol. The van der Waals surface area contributed by atoms with Crippen LogP contribution in [0.2, 0.25) is 0 Å². The minimum absolute atomic E-state index is 0.142. The van der Waals surface area contributed by atoms with Crippen molar-refractivity contribution in [2.24, 2.45) is 0 Å². The van der Waals surface area contributed by atoms with Gasteiger partial charge in [-0.3, -0.25) is 0 Å². The molecule has 2 unspecified atom stereocenters. The van der Waals surface area contributed by atoms with E-state index in [1.165, 1.54) is 6.07 Å². The quantitative estimate of drug-likeness (QED) is 0.907. The van der Waals surface area contributed by atoms with E-state index in [0.29, 0.717) is 6.61 Å². The van der Waals surface area contributed by atoms with Gasteiger partial charge >= 0.3 is 0 Å². The second kappa shape index (κ2) is 6.35. The molecule has 0 spiro atoms. The number of morpholine rings is 1. The first-order valence-corrected chi connectivity index (χ1v) is 7.01. The molecule has 0 bridgehead atoms. The van der Waals surface area contributed by atoms with Crippen molar-refractivity contribution >= 4 is 5.69 Å². The summed E-state index contributed by atoms with van der Waals surface area (Å²) in [6.07, 6.45) is 0.149. The number of para-hydroxylation sites is 1. The van der Waals surface area contributed by atoms with Crippen molar-refractivity contribution < 1.29 is 9.13 Å². The van der Waals surface area contributed by atoms with Crippen molar-refractivity contribution in [3.05, 3.63) is 29.6 Å². The summed E-state index contributed by atoms with van der Waals surface area (Å²) in [6, 6.07) is 5.48. The molecule has 1 aliphatic heterocycles. The maximum atomic E-state index is 14.3. The number of hydrogen-bond acceptors (Lipinski definition) is 3. The van der Waals surface area contributed by atoms with E-state index in [0.717, 1.165) is 30.9 Å². The summed E-state index contributed by atoms with van der Waals surface area (Å²) < 4.78 is 19.8. The Morgan fingerprint density at radius 1 is 1.53 bits per heavy atom. The highest BCUT2D eigenvalue weighted by Crippen LogP contribution is 2.30. The standard InChI is InChI=1S/C15H23FN2O/c1-4-17-12(3)13-6-5-7-14(16)15(13)18-8-9-19-11(2)10-18/h5-7,11-12,17H,4,8-10H2,1-3H3. The lowest BCUT2D eigenvalue weighted by molar-refractivity contribution is 0.0529. The van der Waals surface area contributed by atoms with Crippen LogP contribution in [0.4, 0.5) is 10.1 Å². The molecule has 1 aliphatic rings. The van der Waals surface area contributed by atoms with Crippen LogP contribution in [-0.4, -0.2) is 32.3 Å². The number of anilines is 1. The van der Waals surface area contributed by atoms with Crippen molar-refractivity contribution in [1.29, 1.82) is 0 Å². The average molecular weight is 266 g/mol. The third-order valence-electron chi connectivity index (χ3n) is 3.55. The first-order chi connectivity index (χ1) is 9.13. The minimum Gasteiger partial charge on any atom is -0.375 e. The van der Waals surface area contributed by atoms with Gasteiger partial charge in [0.15, 0.2) is 0 Å². The first kappa shape index (κ1) is 14.3. The van der Waals surface area contributed by atoms with E-state index in [4.69, 9.17) is 4.74 Å². The van der Waals surface area contributed by atoms with Gasteiger partial charge in [0.25, 0.3) is 0 Å². The molecule has 1 aromatic rings. The Kier molecular flexibility index (Phi) is 4.77. The van der Waals surface area contributed by atoms with E-state index in [1.807, 2.05) is 13.0 Å². The normalized spacial score (nSPS) is 21.5. The first-order valence-electron chi connectivity index (χ1n) is 7.01. The summed E-state index contributed by atoms with van der Waals surface area (Å²) in [6.45, 7) is 9.18. The lowest BCUT2D eigenvalue weighted by Gasteiger charge is -2.35. The predicted octanol–water partition coefficient (Wildman–Crippen LogP) is 2.72. The van der Waals surface area contributed by atoms with Crippen molar-refractivity contribution in [3.63, 3.8) is 0 Å². The number of hydrogen-bond donors (Lipinski definition) is 1. The van der Waals surface area contributed by atoms with Crippen molar-refractivity contribution in [1.82, 2.24) is 5.32 Å². The molecule has 2 atom stereocenters. The maximum Gasteiger partial charge on any atom is 0.146 e. The number of nitrogens with zero attached hydrogens (tertiary/aromatic N) is 1. The third-order valence-corrected chi connectivity index (χ3v) is 3.55. The fourth-order valence-electron chi connectivity index (χ4n) is 2.65. The van der Waals surface area contributed by atoms with Crippen LogP contribution in [-0.2, 0) is 4.74 Å². The topological polar surface area (TPSA) is 24.5 Å². The van der Waals surface area contributed by atoms with Crippen LogP contribution in [0.15, 0.2) is 18.2 Å². The summed E-state index contributed by atoms with van der Waals surface area (Å²) in [4.78, 5) is 2.10. The summed E-state index contributed by atoms with van der Waals surface area (Å²) in [5.74, 6) is -0.142. The molecule has 19 heavy (non-hydrogen) atoms. The molecule has 1 N–H and O–H groups in total. The van der Waals surface area contributed by atoms with E-state index in [2.05, 4.69) is 24.1 Å². The molecule has 0 aliphatic carbocycles. The van der Waals surface area contributed by atoms with Gasteiger partial charge in [0.1, 0.15) is 5.82 Å². The average Bonchev–Trinajstić information content (AvgIpc) is 2.38. The van der Waals surface area contributed by atoms with Crippen molar-refractivity contribution in [2.75, 3.05) is 31.1 Å². The largest absolute Gasteiger partial charge is 0.375 e. The van der Waals surface area contributed by atoms with Gasteiger partial charge in [0.05, 0.1) is 18.4 Å². The second-order valence-electron chi connectivity index (χ2n) is 5.08. The molecule has 0 aromatic heterocycles. The zero-order chi connectivity index (χ0) is 13.8. The molecule has 2 rings (SSSR count). The Bertz CT molecular complexity index is 425. The molecule has 106 valence electrons. The van der Waals surface area contributed by atoms with E-state index in [9.17, 15) is 4.39 Å². The SMILES string of the molecule is CCNC(C)c1cccc(F)c1N1CCOC(C)C1.